The zero-order chi connectivity index (χ0) is 15.4. The van der Waals surface area contributed by atoms with Crippen LogP contribution in [0.1, 0.15) is 12.5 Å². The van der Waals surface area contributed by atoms with E-state index >= 15 is 0 Å². The molecule has 1 fully saturated rings. The van der Waals surface area contributed by atoms with Gasteiger partial charge in [0, 0.05) is 32.7 Å². The summed E-state index contributed by atoms with van der Waals surface area (Å²) in [6.45, 7) is 6.77. The van der Waals surface area contributed by atoms with Crippen LogP contribution < -0.4 is 5.43 Å². The second-order valence-corrected chi connectivity index (χ2v) is 5.66. The fraction of sp³-hybridized carbons (Fsp3) is 0.500. The Labute approximate surface area is 131 Å². The monoisotopic (exact) mass is 301 g/mol. The van der Waals surface area contributed by atoms with Gasteiger partial charge in [-0.3, -0.25) is 4.90 Å². The number of hydrogen-bond acceptors (Lipinski definition) is 6. The Morgan fingerprint density at radius 3 is 2.55 bits per heavy atom. The number of hydrogen-bond donors (Lipinski definition) is 2. The van der Waals surface area contributed by atoms with Crippen LogP contribution in [0.15, 0.2) is 40.4 Å². The lowest BCUT2D eigenvalue weighted by Crippen LogP contribution is -2.53. The first kappa shape index (κ1) is 15.0. The molecule has 6 heteroatoms. The summed E-state index contributed by atoms with van der Waals surface area (Å²) < 4.78 is 0. The van der Waals surface area contributed by atoms with E-state index in [0.29, 0.717) is 0 Å². The van der Waals surface area contributed by atoms with Gasteiger partial charge in [0.15, 0.2) is 0 Å². The highest BCUT2D eigenvalue weighted by Crippen LogP contribution is 2.12. The van der Waals surface area contributed by atoms with Gasteiger partial charge in [-0.1, -0.05) is 30.3 Å². The van der Waals surface area contributed by atoms with Crippen molar-refractivity contribution in [1.29, 1.82) is 0 Å². The van der Waals surface area contributed by atoms with Gasteiger partial charge >= 0.3 is 0 Å². The van der Waals surface area contributed by atoms with Crippen LogP contribution in [0.5, 0.6) is 0 Å². The number of β-amino-alcohol motifs (C(OH)–C–C–N with tert-alkyl or cyclic N) is 1. The molecule has 22 heavy (non-hydrogen) atoms. The molecule has 1 aromatic carbocycles. The lowest BCUT2D eigenvalue weighted by Gasteiger charge is -2.37. The maximum Gasteiger partial charge on any atom is 0.215 e. The van der Waals surface area contributed by atoms with Gasteiger partial charge in [-0.2, -0.15) is 5.10 Å². The minimum absolute atomic E-state index is 0.0501. The Morgan fingerprint density at radius 1 is 1.18 bits per heavy atom. The summed E-state index contributed by atoms with van der Waals surface area (Å²) in [5.74, 6) is 0.857. The van der Waals surface area contributed by atoms with Gasteiger partial charge in [-0.25, -0.2) is 10.4 Å². The first-order valence-electron chi connectivity index (χ1n) is 7.83. The van der Waals surface area contributed by atoms with Crippen molar-refractivity contribution in [2.75, 3.05) is 39.3 Å². The van der Waals surface area contributed by atoms with Crippen LogP contribution in [0.2, 0.25) is 0 Å². The summed E-state index contributed by atoms with van der Waals surface area (Å²) in [4.78, 5) is 9.27. The number of hydrazone groups is 1. The lowest BCUT2D eigenvalue weighted by atomic mass is 10.0. The molecule has 0 amide bonds. The predicted octanol–water partition coefficient (Wildman–Crippen LogP) is 0.348. The Morgan fingerprint density at radius 2 is 1.91 bits per heavy atom. The summed E-state index contributed by atoms with van der Waals surface area (Å²) in [5.41, 5.74) is 5.20. The zero-order valence-electron chi connectivity index (χ0n) is 12.9. The third-order valence-corrected chi connectivity index (χ3v) is 4.15. The molecule has 0 spiro atoms. The van der Waals surface area contributed by atoms with E-state index in [1.165, 1.54) is 0 Å². The molecule has 2 aliphatic rings. The quantitative estimate of drug-likeness (QED) is 0.845. The van der Waals surface area contributed by atoms with Crippen LogP contribution in [-0.4, -0.2) is 72.0 Å². The number of rotatable bonds is 3. The van der Waals surface area contributed by atoms with E-state index in [1.807, 2.05) is 18.2 Å². The SMILES string of the molecule is CC1N=C(N2CCN(CCO)CC2)NN=C1c1ccccc1. The average molecular weight is 301 g/mol. The van der Waals surface area contributed by atoms with Crippen LogP contribution in [0.25, 0.3) is 0 Å². The van der Waals surface area contributed by atoms with Gasteiger partial charge in [0.05, 0.1) is 18.4 Å². The van der Waals surface area contributed by atoms with Gasteiger partial charge in [0.25, 0.3) is 0 Å². The largest absolute Gasteiger partial charge is 0.395 e. The maximum atomic E-state index is 9.00. The molecule has 2 N–H and O–H groups in total. The molecule has 0 aromatic heterocycles. The fourth-order valence-electron chi connectivity index (χ4n) is 2.87. The third-order valence-electron chi connectivity index (χ3n) is 4.15. The Kier molecular flexibility index (Phi) is 4.70. The first-order chi connectivity index (χ1) is 10.8. The Hall–Kier alpha value is -1.92. The fourth-order valence-corrected chi connectivity index (χ4v) is 2.87. The average Bonchev–Trinajstić information content (AvgIpc) is 2.56. The minimum Gasteiger partial charge on any atom is -0.395 e. The molecule has 1 aromatic rings. The molecule has 0 saturated carbocycles. The van der Waals surface area contributed by atoms with Gasteiger partial charge in [-0.05, 0) is 12.5 Å². The van der Waals surface area contributed by atoms with E-state index in [2.05, 4.69) is 39.4 Å². The van der Waals surface area contributed by atoms with E-state index < -0.39 is 0 Å². The number of aliphatic hydroxyl groups is 1. The standard InChI is InChI=1S/C16H23N5O/c1-13-15(14-5-3-2-4-6-14)18-19-16(17-13)21-9-7-20(8-10-21)11-12-22/h2-6,13,22H,7-12H2,1H3,(H,17,19). The maximum absolute atomic E-state index is 9.00. The molecule has 0 aliphatic carbocycles. The molecule has 2 aliphatic heterocycles. The molecule has 2 heterocycles. The van der Waals surface area contributed by atoms with E-state index in [0.717, 1.165) is 50.0 Å². The molecule has 3 rings (SSSR count). The number of nitrogens with zero attached hydrogens (tertiary/aromatic N) is 4. The van der Waals surface area contributed by atoms with Crippen molar-refractivity contribution in [1.82, 2.24) is 15.2 Å². The van der Waals surface area contributed by atoms with Crippen LogP contribution >= 0.6 is 0 Å². The second kappa shape index (κ2) is 6.89. The number of benzene rings is 1. The van der Waals surface area contributed by atoms with Crippen molar-refractivity contribution in [2.45, 2.75) is 13.0 Å². The highest BCUT2D eigenvalue weighted by Gasteiger charge is 2.24. The summed E-state index contributed by atoms with van der Waals surface area (Å²) >= 11 is 0. The molecule has 0 bridgehead atoms. The third kappa shape index (κ3) is 3.28. The summed E-state index contributed by atoms with van der Waals surface area (Å²) in [6, 6.07) is 10.2. The molecular formula is C16H23N5O. The number of guanidine groups is 1. The molecular weight excluding hydrogens is 278 g/mol. The molecule has 1 atom stereocenters. The lowest BCUT2D eigenvalue weighted by molar-refractivity contribution is 0.145. The van der Waals surface area contributed by atoms with Crippen LogP contribution in [-0.2, 0) is 0 Å². The summed E-state index contributed by atoms with van der Waals surface area (Å²) in [6.07, 6.45) is 0. The van der Waals surface area contributed by atoms with Gasteiger partial charge in [-0.15, -0.1) is 0 Å². The van der Waals surface area contributed by atoms with Crippen LogP contribution in [0.4, 0.5) is 0 Å². The van der Waals surface area contributed by atoms with E-state index in [1.54, 1.807) is 0 Å². The van der Waals surface area contributed by atoms with Crippen molar-refractivity contribution in [3.05, 3.63) is 35.9 Å². The molecule has 6 nitrogen and oxygen atoms in total. The highest BCUT2D eigenvalue weighted by atomic mass is 16.3. The first-order valence-corrected chi connectivity index (χ1v) is 7.83. The Bertz CT molecular complexity index is 549. The van der Waals surface area contributed by atoms with Gasteiger partial charge in [0.2, 0.25) is 5.96 Å². The van der Waals surface area contributed by atoms with Crippen molar-refractivity contribution in [2.24, 2.45) is 10.1 Å². The summed E-state index contributed by atoms with van der Waals surface area (Å²) in [7, 11) is 0. The second-order valence-electron chi connectivity index (χ2n) is 5.66. The van der Waals surface area contributed by atoms with E-state index in [4.69, 9.17) is 10.1 Å². The molecule has 118 valence electrons. The van der Waals surface area contributed by atoms with E-state index in [-0.39, 0.29) is 12.6 Å². The number of aliphatic imine (C=N–C) groups is 1. The van der Waals surface area contributed by atoms with Crippen molar-refractivity contribution >= 4 is 11.7 Å². The summed E-state index contributed by atoms with van der Waals surface area (Å²) in [5, 5.41) is 13.5. The van der Waals surface area contributed by atoms with Crippen LogP contribution in [0, 0.1) is 0 Å². The number of piperazine rings is 1. The van der Waals surface area contributed by atoms with Crippen molar-refractivity contribution < 1.29 is 5.11 Å². The van der Waals surface area contributed by atoms with Crippen LogP contribution in [0.3, 0.4) is 0 Å². The predicted molar refractivity (Wildman–Crippen MR) is 88.1 cm³/mol. The smallest absolute Gasteiger partial charge is 0.215 e. The topological polar surface area (TPSA) is 63.5 Å². The Balaban J connectivity index is 1.62. The number of aliphatic hydroxyl groups excluding tert-OH is 1. The molecule has 0 radical (unpaired) electrons. The highest BCUT2D eigenvalue weighted by molar-refractivity contribution is 6.07. The molecule has 1 saturated heterocycles. The van der Waals surface area contributed by atoms with Gasteiger partial charge in [0.1, 0.15) is 0 Å². The molecule has 1 unspecified atom stereocenters. The van der Waals surface area contributed by atoms with Gasteiger partial charge < -0.3 is 10.0 Å². The normalized spacial score (nSPS) is 22.8. The zero-order valence-corrected chi connectivity index (χ0v) is 12.9. The number of nitrogens with one attached hydrogen (secondary N) is 1. The van der Waals surface area contributed by atoms with Crippen molar-refractivity contribution in [3.63, 3.8) is 0 Å². The van der Waals surface area contributed by atoms with E-state index in [9.17, 15) is 0 Å². The van der Waals surface area contributed by atoms with Crippen molar-refractivity contribution in [3.8, 4) is 0 Å². The minimum atomic E-state index is 0.0501.